The zero-order valence-corrected chi connectivity index (χ0v) is 25.4. The first-order valence-electron chi connectivity index (χ1n) is 11.7. The number of thioether (sulfide) groups is 1. The number of ether oxygens (including phenoxy) is 2. The lowest BCUT2D eigenvalue weighted by Crippen LogP contribution is -2.12. The van der Waals surface area contributed by atoms with Gasteiger partial charge in [0.25, 0.3) is 0 Å². The quantitative estimate of drug-likeness (QED) is 0.0898. The van der Waals surface area contributed by atoms with Gasteiger partial charge in [0.15, 0.2) is 16.7 Å². The first kappa shape index (κ1) is 29.5. The lowest BCUT2D eigenvalue weighted by atomic mass is 10.1. The van der Waals surface area contributed by atoms with Crippen molar-refractivity contribution in [3.05, 3.63) is 101 Å². The second-order valence-electron chi connectivity index (χ2n) is 8.25. The zero-order chi connectivity index (χ0) is 28.1. The van der Waals surface area contributed by atoms with Gasteiger partial charge in [-0.3, -0.25) is 14.7 Å². The number of nitro groups is 1. The van der Waals surface area contributed by atoms with Crippen LogP contribution in [0.2, 0.25) is 15.1 Å². The largest absolute Gasteiger partial charge is 0.490 e. The lowest BCUT2D eigenvalue weighted by Gasteiger charge is -2.19. The predicted molar refractivity (Wildman–Crippen MR) is 158 cm³/mol. The van der Waals surface area contributed by atoms with Crippen LogP contribution in [0.15, 0.2) is 64.2 Å². The summed E-state index contributed by atoms with van der Waals surface area (Å²) in [4.78, 5) is 11.3. The molecule has 13 heteroatoms. The normalized spacial score (nSPS) is 11.8. The summed E-state index contributed by atoms with van der Waals surface area (Å²) in [7, 11) is 0. The van der Waals surface area contributed by atoms with Crippen molar-refractivity contribution in [2.24, 2.45) is 0 Å². The fraction of sp³-hybridized carbons (Fsp3) is 0.231. The van der Waals surface area contributed by atoms with Crippen LogP contribution >= 0.6 is 62.5 Å². The summed E-state index contributed by atoms with van der Waals surface area (Å²) in [6.07, 6.45) is 0. The monoisotopic (exact) mass is 670 g/mol. The molecule has 0 aliphatic rings. The Labute approximate surface area is 252 Å². The highest BCUT2D eigenvalue weighted by atomic mass is 79.9. The van der Waals surface area contributed by atoms with E-state index in [4.69, 9.17) is 44.3 Å². The average Bonchev–Trinajstić information content (AvgIpc) is 3.24. The van der Waals surface area contributed by atoms with Gasteiger partial charge in [0.2, 0.25) is 6.54 Å². The summed E-state index contributed by atoms with van der Waals surface area (Å²) in [6, 6.07) is 15.9. The molecule has 0 bridgehead atoms. The lowest BCUT2D eigenvalue weighted by molar-refractivity contribution is -0.479. The second kappa shape index (κ2) is 13.2. The highest BCUT2D eigenvalue weighted by Gasteiger charge is 2.26. The number of aromatic nitrogens is 3. The van der Waals surface area contributed by atoms with Crippen LogP contribution in [-0.4, -0.2) is 32.8 Å². The first-order chi connectivity index (χ1) is 18.7. The van der Waals surface area contributed by atoms with Crippen molar-refractivity contribution in [2.45, 2.75) is 30.9 Å². The van der Waals surface area contributed by atoms with E-state index in [9.17, 15) is 10.1 Å². The SMILES string of the molecule is CCOc1cc([C@@H](C[N+](=O)[O-])Sc2nnc(C)n2-c2ccc(Cl)cc2)cc(Br)c1OCc1ccc(Cl)cc1Cl. The topological polar surface area (TPSA) is 92.3 Å². The van der Waals surface area contributed by atoms with Crippen molar-refractivity contribution in [1.82, 2.24) is 14.8 Å². The summed E-state index contributed by atoms with van der Waals surface area (Å²) in [6.45, 7) is 3.85. The number of rotatable bonds is 11. The highest BCUT2D eigenvalue weighted by molar-refractivity contribution is 9.10. The van der Waals surface area contributed by atoms with Gasteiger partial charge in [-0.1, -0.05) is 52.6 Å². The maximum Gasteiger partial charge on any atom is 0.220 e. The molecule has 1 aromatic heterocycles. The number of nitrogens with zero attached hydrogens (tertiary/aromatic N) is 4. The molecule has 204 valence electrons. The van der Waals surface area contributed by atoms with E-state index < -0.39 is 5.25 Å². The number of hydrogen-bond donors (Lipinski definition) is 0. The molecule has 1 atom stereocenters. The van der Waals surface area contributed by atoms with Gasteiger partial charge in [0.1, 0.15) is 17.7 Å². The number of hydrogen-bond acceptors (Lipinski definition) is 7. The molecule has 0 amide bonds. The zero-order valence-electron chi connectivity index (χ0n) is 20.7. The summed E-state index contributed by atoms with van der Waals surface area (Å²) in [5.41, 5.74) is 2.20. The maximum absolute atomic E-state index is 11.7. The predicted octanol–water partition coefficient (Wildman–Crippen LogP) is 8.39. The number of benzene rings is 3. The molecule has 0 unspecified atom stereocenters. The minimum absolute atomic E-state index is 0.171. The molecule has 0 N–H and O–H groups in total. The standard InChI is InChI=1S/C26H22BrCl3N4O4S/c1-3-37-23-11-17(10-21(27)25(23)38-14-16-4-5-19(29)12-22(16)30)24(13-33(35)36)39-26-32-31-15(2)34(26)20-8-6-18(28)7-9-20/h4-12,24H,3,13-14H2,1-2H3/t24-/m1/s1. The molecular weight excluding hydrogens is 651 g/mol. The number of halogens is 4. The molecule has 8 nitrogen and oxygen atoms in total. The van der Waals surface area contributed by atoms with Crippen LogP contribution in [0, 0.1) is 17.0 Å². The van der Waals surface area contributed by atoms with Gasteiger partial charge in [0, 0.05) is 31.2 Å². The third kappa shape index (κ3) is 7.37. The summed E-state index contributed by atoms with van der Waals surface area (Å²) in [5.74, 6) is 1.54. The highest BCUT2D eigenvalue weighted by Crippen LogP contribution is 2.43. The van der Waals surface area contributed by atoms with Crippen molar-refractivity contribution in [2.75, 3.05) is 13.2 Å². The summed E-state index contributed by atoms with van der Waals surface area (Å²) in [5, 5.41) is 21.7. The van der Waals surface area contributed by atoms with Gasteiger partial charge < -0.3 is 9.47 Å². The average molecular weight is 673 g/mol. The Morgan fingerprint density at radius 2 is 1.77 bits per heavy atom. The van der Waals surface area contributed by atoms with Crippen LogP contribution in [0.5, 0.6) is 11.5 Å². The summed E-state index contributed by atoms with van der Waals surface area (Å²) >= 11 is 23.2. The van der Waals surface area contributed by atoms with E-state index in [1.54, 1.807) is 42.5 Å². The van der Waals surface area contributed by atoms with E-state index in [1.807, 2.05) is 30.5 Å². The van der Waals surface area contributed by atoms with E-state index in [-0.39, 0.29) is 18.1 Å². The van der Waals surface area contributed by atoms with Gasteiger partial charge >= 0.3 is 0 Å². The Kier molecular flexibility index (Phi) is 10.0. The Balaban J connectivity index is 1.67. The Bertz CT molecular complexity index is 1490. The molecule has 0 saturated heterocycles. The molecule has 1 heterocycles. The van der Waals surface area contributed by atoms with Gasteiger partial charge in [-0.05, 0) is 83.9 Å². The third-order valence-electron chi connectivity index (χ3n) is 5.53. The molecule has 0 radical (unpaired) electrons. The second-order valence-corrected chi connectivity index (χ2v) is 11.6. The van der Waals surface area contributed by atoms with Crippen LogP contribution in [0.3, 0.4) is 0 Å². The van der Waals surface area contributed by atoms with Gasteiger partial charge in [-0.25, -0.2) is 0 Å². The van der Waals surface area contributed by atoms with Crippen LogP contribution in [0.4, 0.5) is 0 Å². The van der Waals surface area contributed by atoms with Crippen molar-refractivity contribution >= 4 is 62.5 Å². The molecule has 39 heavy (non-hydrogen) atoms. The van der Waals surface area contributed by atoms with Crippen LogP contribution in [0.25, 0.3) is 5.69 Å². The van der Waals surface area contributed by atoms with Crippen molar-refractivity contribution in [1.29, 1.82) is 0 Å². The minimum atomic E-state index is -0.607. The van der Waals surface area contributed by atoms with E-state index in [0.29, 0.717) is 54.2 Å². The van der Waals surface area contributed by atoms with Gasteiger partial charge in [-0.15, -0.1) is 10.2 Å². The molecule has 3 aromatic carbocycles. The molecular formula is C26H22BrCl3N4O4S. The Hall–Kier alpha value is -2.50. The van der Waals surface area contributed by atoms with Crippen molar-refractivity contribution in [3.8, 4) is 17.2 Å². The minimum Gasteiger partial charge on any atom is -0.490 e. The fourth-order valence-electron chi connectivity index (χ4n) is 3.75. The Morgan fingerprint density at radius 3 is 2.44 bits per heavy atom. The first-order valence-corrected chi connectivity index (χ1v) is 14.5. The van der Waals surface area contributed by atoms with Crippen LogP contribution in [0.1, 0.15) is 29.1 Å². The molecule has 0 aliphatic heterocycles. The van der Waals surface area contributed by atoms with Crippen molar-refractivity contribution < 1.29 is 14.4 Å². The van der Waals surface area contributed by atoms with Crippen LogP contribution in [-0.2, 0) is 6.61 Å². The molecule has 4 aromatic rings. The molecule has 0 aliphatic carbocycles. The molecule has 4 rings (SSSR count). The smallest absolute Gasteiger partial charge is 0.220 e. The Morgan fingerprint density at radius 1 is 1.05 bits per heavy atom. The van der Waals surface area contributed by atoms with Crippen molar-refractivity contribution in [3.63, 3.8) is 0 Å². The summed E-state index contributed by atoms with van der Waals surface area (Å²) < 4.78 is 14.4. The maximum atomic E-state index is 11.7. The number of aryl methyl sites for hydroxylation is 1. The van der Waals surface area contributed by atoms with E-state index in [2.05, 4.69) is 26.1 Å². The van der Waals surface area contributed by atoms with E-state index in [0.717, 1.165) is 11.3 Å². The molecule has 0 fully saturated rings. The van der Waals surface area contributed by atoms with E-state index in [1.165, 1.54) is 11.8 Å². The van der Waals surface area contributed by atoms with Gasteiger partial charge in [-0.2, -0.15) is 0 Å². The van der Waals surface area contributed by atoms with Gasteiger partial charge in [0.05, 0.1) is 11.1 Å². The van der Waals surface area contributed by atoms with Crippen LogP contribution < -0.4 is 9.47 Å². The molecule has 0 saturated carbocycles. The van der Waals surface area contributed by atoms with E-state index >= 15 is 0 Å². The third-order valence-corrected chi connectivity index (χ3v) is 8.14. The fourth-order valence-corrected chi connectivity index (χ4v) is 6.06. The molecule has 0 spiro atoms.